The third-order valence-corrected chi connectivity index (χ3v) is 3.47. The summed E-state index contributed by atoms with van der Waals surface area (Å²) in [5.41, 5.74) is 2.65. The summed E-state index contributed by atoms with van der Waals surface area (Å²) in [6.45, 7) is 0. The van der Waals surface area contributed by atoms with Crippen molar-refractivity contribution in [2.24, 2.45) is 5.10 Å². The molecule has 0 saturated carbocycles. The SMILES string of the molecule is COc1ccc(/C=N\NC(=S)Nc2ccccc2F)c(C(=O)[O-])c1OC. The van der Waals surface area contributed by atoms with Crippen LogP contribution in [0.3, 0.4) is 0 Å². The summed E-state index contributed by atoms with van der Waals surface area (Å²) < 4.78 is 23.7. The quantitative estimate of drug-likeness (QED) is 0.448. The first-order chi connectivity index (χ1) is 12.5. The lowest BCUT2D eigenvalue weighted by atomic mass is 10.1. The van der Waals surface area contributed by atoms with Crippen molar-refractivity contribution >= 4 is 35.2 Å². The van der Waals surface area contributed by atoms with Gasteiger partial charge in [-0.05, 0) is 36.5 Å². The maximum Gasteiger partial charge on any atom is 0.191 e. The highest BCUT2D eigenvalue weighted by Crippen LogP contribution is 2.32. The van der Waals surface area contributed by atoms with Gasteiger partial charge in [-0.2, -0.15) is 5.10 Å². The summed E-state index contributed by atoms with van der Waals surface area (Å²) in [5, 5.41) is 18.0. The number of carboxylic acid groups (broad SMARTS) is 1. The molecule has 7 nitrogen and oxygen atoms in total. The molecular weight excluding hydrogens is 361 g/mol. The number of rotatable bonds is 6. The fourth-order valence-corrected chi connectivity index (χ4v) is 2.30. The van der Waals surface area contributed by atoms with E-state index in [0.717, 1.165) is 0 Å². The van der Waals surface area contributed by atoms with Crippen LogP contribution >= 0.6 is 12.2 Å². The Kier molecular flexibility index (Phi) is 6.45. The number of hydrogen-bond acceptors (Lipinski definition) is 6. The van der Waals surface area contributed by atoms with E-state index in [1.807, 2.05) is 0 Å². The third kappa shape index (κ3) is 4.45. The van der Waals surface area contributed by atoms with Crippen molar-refractivity contribution < 1.29 is 23.8 Å². The number of nitrogens with zero attached hydrogens (tertiary/aromatic N) is 1. The van der Waals surface area contributed by atoms with Crippen LogP contribution in [0.4, 0.5) is 10.1 Å². The van der Waals surface area contributed by atoms with Gasteiger partial charge in [-0.1, -0.05) is 12.1 Å². The minimum atomic E-state index is -1.45. The molecule has 136 valence electrons. The first-order valence-electron chi connectivity index (χ1n) is 7.28. The third-order valence-electron chi connectivity index (χ3n) is 3.27. The van der Waals surface area contributed by atoms with Crippen molar-refractivity contribution in [2.75, 3.05) is 19.5 Å². The number of carboxylic acids is 1. The van der Waals surface area contributed by atoms with Gasteiger partial charge in [0.25, 0.3) is 0 Å². The molecule has 0 unspecified atom stereocenters. The van der Waals surface area contributed by atoms with E-state index in [1.54, 1.807) is 12.1 Å². The van der Waals surface area contributed by atoms with Crippen LogP contribution in [0.2, 0.25) is 0 Å². The van der Waals surface area contributed by atoms with Gasteiger partial charge in [0.2, 0.25) is 0 Å². The molecule has 2 aromatic carbocycles. The van der Waals surface area contributed by atoms with E-state index in [9.17, 15) is 14.3 Å². The molecule has 0 fully saturated rings. The lowest BCUT2D eigenvalue weighted by molar-refractivity contribution is -0.255. The van der Waals surface area contributed by atoms with Crippen molar-refractivity contribution in [1.82, 2.24) is 5.43 Å². The van der Waals surface area contributed by atoms with Crippen LogP contribution in [0.5, 0.6) is 11.5 Å². The van der Waals surface area contributed by atoms with Crippen LogP contribution in [0.1, 0.15) is 15.9 Å². The number of carbonyl (C=O) groups excluding carboxylic acids is 1. The number of aromatic carboxylic acids is 1. The van der Waals surface area contributed by atoms with Crippen molar-refractivity contribution in [1.29, 1.82) is 0 Å². The van der Waals surface area contributed by atoms with Gasteiger partial charge in [-0.15, -0.1) is 0 Å². The van der Waals surface area contributed by atoms with Crippen molar-refractivity contribution in [2.45, 2.75) is 0 Å². The largest absolute Gasteiger partial charge is 0.545 e. The van der Waals surface area contributed by atoms with E-state index < -0.39 is 11.8 Å². The van der Waals surface area contributed by atoms with E-state index in [0.29, 0.717) is 0 Å². The highest BCUT2D eigenvalue weighted by atomic mass is 32.1. The lowest BCUT2D eigenvalue weighted by Crippen LogP contribution is -2.26. The Bertz CT molecular complexity index is 858. The van der Waals surface area contributed by atoms with Crippen LogP contribution in [-0.4, -0.2) is 31.5 Å². The van der Waals surface area contributed by atoms with Crippen LogP contribution in [0, 0.1) is 5.82 Å². The molecule has 0 amide bonds. The summed E-state index contributed by atoms with van der Waals surface area (Å²) in [4.78, 5) is 11.4. The smallest absolute Gasteiger partial charge is 0.191 e. The maximum absolute atomic E-state index is 13.5. The molecule has 0 aliphatic rings. The molecule has 0 aliphatic heterocycles. The Morgan fingerprint density at radius 2 is 1.96 bits per heavy atom. The number of thiocarbonyl (C=S) groups is 1. The van der Waals surface area contributed by atoms with Gasteiger partial charge in [0, 0.05) is 5.56 Å². The normalized spacial score (nSPS) is 10.4. The Labute approximate surface area is 154 Å². The van der Waals surface area contributed by atoms with Crippen LogP contribution < -0.4 is 25.3 Å². The molecule has 0 bridgehead atoms. The molecule has 0 atom stereocenters. The zero-order valence-electron chi connectivity index (χ0n) is 13.9. The fraction of sp³-hybridized carbons (Fsp3) is 0.118. The molecule has 0 saturated heterocycles. The van der Waals surface area contributed by atoms with Crippen molar-refractivity contribution in [3.05, 3.63) is 53.3 Å². The second-order valence-corrected chi connectivity index (χ2v) is 5.26. The Morgan fingerprint density at radius 3 is 2.58 bits per heavy atom. The van der Waals surface area contributed by atoms with Gasteiger partial charge in [-0.3, -0.25) is 5.43 Å². The van der Waals surface area contributed by atoms with E-state index in [4.69, 9.17) is 21.7 Å². The zero-order valence-corrected chi connectivity index (χ0v) is 14.7. The highest BCUT2D eigenvalue weighted by molar-refractivity contribution is 7.80. The van der Waals surface area contributed by atoms with Crippen LogP contribution in [0.15, 0.2) is 41.5 Å². The average molecular weight is 376 g/mol. The molecule has 2 aromatic rings. The molecule has 2 N–H and O–H groups in total. The average Bonchev–Trinajstić information content (AvgIpc) is 2.62. The van der Waals surface area contributed by atoms with Crippen LogP contribution in [-0.2, 0) is 0 Å². The number of anilines is 1. The Morgan fingerprint density at radius 1 is 1.23 bits per heavy atom. The summed E-state index contributed by atoms with van der Waals surface area (Å²) in [7, 11) is 2.70. The second-order valence-electron chi connectivity index (χ2n) is 4.86. The number of hydrazone groups is 1. The van der Waals surface area contributed by atoms with Crippen LogP contribution in [0.25, 0.3) is 0 Å². The molecular formula is C17H15FN3O4S-. The van der Waals surface area contributed by atoms with E-state index in [-0.39, 0.29) is 33.4 Å². The van der Waals surface area contributed by atoms with E-state index >= 15 is 0 Å². The summed E-state index contributed by atoms with van der Waals surface area (Å²) in [6, 6.07) is 8.99. The van der Waals surface area contributed by atoms with Gasteiger partial charge in [0.1, 0.15) is 5.82 Å². The molecule has 9 heteroatoms. The molecule has 0 spiro atoms. The first-order valence-corrected chi connectivity index (χ1v) is 7.69. The maximum atomic E-state index is 13.5. The van der Waals surface area contributed by atoms with Gasteiger partial charge >= 0.3 is 0 Å². The molecule has 0 aromatic heterocycles. The van der Waals surface area contributed by atoms with Gasteiger partial charge in [0.05, 0.1) is 37.7 Å². The molecule has 0 radical (unpaired) electrons. The highest BCUT2D eigenvalue weighted by Gasteiger charge is 2.15. The number of para-hydroxylation sites is 1. The van der Waals surface area contributed by atoms with Gasteiger partial charge in [0.15, 0.2) is 16.6 Å². The van der Waals surface area contributed by atoms with Crippen molar-refractivity contribution in [3.63, 3.8) is 0 Å². The number of ether oxygens (including phenoxy) is 2. The predicted octanol–water partition coefficient (Wildman–Crippen LogP) is 1.53. The predicted molar refractivity (Wildman–Crippen MR) is 97.2 cm³/mol. The number of carbonyl (C=O) groups is 1. The number of nitrogens with one attached hydrogen (secondary N) is 2. The minimum Gasteiger partial charge on any atom is -0.545 e. The van der Waals surface area contributed by atoms with Crippen molar-refractivity contribution in [3.8, 4) is 11.5 Å². The monoisotopic (exact) mass is 376 g/mol. The molecule has 0 heterocycles. The zero-order chi connectivity index (χ0) is 19.1. The van der Waals surface area contributed by atoms with E-state index in [1.165, 1.54) is 44.7 Å². The number of hydrogen-bond donors (Lipinski definition) is 2. The summed E-state index contributed by atoms with van der Waals surface area (Å²) in [5.74, 6) is -1.66. The minimum absolute atomic E-state index is 0.0171. The Hall–Kier alpha value is -3.20. The number of benzene rings is 2. The topological polar surface area (TPSA) is 95.0 Å². The van der Waals surface area contributed by atoms with Gasteiger partial charge in [-0.25, -0.2) is 4.39 Å². The standard InChI is InChI=1S/C17H16FN3O4S/c1-24-13-8-7-10(14(16(22)23)15(13)25-2)9-19-21-17(26)20-12-6-4-3-5-11(12)18/h3-9H,1-2H3,(H,22,23)(H2,20,21,26)/p-1/b19-9-. The molecule has 26 heavy (non-hydrogen) atoms. The Balaban J connectivity index is 2.16. The van der Waals surface area contributed by atoms with Gasteiger partial charge < -0.3 is 24.7 Å². The molecule has 2 rings (SSSR count). The first kappa shape index (κ1) is 19.1. The van der Waals surface area contributed by atoms with E-state index in [2.05, 4.69) is 15.8 Å². The summed E-state index contributed by atoms with van der Waals surface area (Å²) >= 11 is 5.01. The summed E-state index contributed by atoms with van der Waals surface area (Å²) in [6.07, 6.45) is 1.22. The fourth-order valence-electron chi connectivity index (χ4n) is 2.13. The second kappa shape index (κ2) is 8.77. The number of methoxy groups -OCH3 is 2. The molecule has 0 aliphatic carbocycles. The number of halogens is 1. The lowest BCUT2D eigenvalue weighted by Gasteiger charge is -2.15.